The lowest BCUT2D eigenvalue weighted by molar-refractivity contribution is -0.150. The number of rotatable bonds is 4. The van der Waals surface area contributed by atoms with Crippen LogP contribution in [0, 0.1) is 5.92 Å². The summed E-state index contributed by atoms with van der Waals surface area (Å²) in [5, 5.41) is -1.01. The van der Waals surface area contributed by atoms with Crippen LogP contribution in [0.3, 0.4) is 0 Å². The lowest BCUT2D eigenvalue weighted by atomic mass is 10.1. The second-order valence-electron chi connectivity index (χ2n) is 2.46. The fourth-order valence-corrected chi connectivity index (χ4v) is 0.967. The number of esters is 2. The van der Waals surface area contributed by atoms with Gasteiger partial charge in [-0.3, -0.25) is 9.59 Å². The van der Waals surface area contributed by atoms with Crippen molar-refractivity contribution < 1.29 is 27.8 Å². The third-order valence-corrected chi connectivity index (χ3v) is 1.98. The van der Waals surface area contributed by atoms with Gasteiger partial charge in [-0.05, 0) is 0 Å². The monoisotopic (exact) mass is 242 g/mol. The van der Waals surface area contributed by atoms with Crippen molar-refractivity contribution in [1.82, 2.24) is 0 Å². The number of ether oxygens (including phenoxy) is 2. The Balaban J connectivity index is 4.83. The molecule has 0 aliphatic rings. The molecule has 0 radical (unpaired) electrons. The van der Waals surface area contributed by atoms with Gasteiger partial charge >= 0.3 is 11.9 Å². The van der Waals surface area contributed by atoms with Crippen LogP contribution in [0.15, 0.2) is 11.1 Å². The molecular formula is C8H9ClF2O4. The summed E-state index contributed by atoms with van der Waals surface area (Å²) in [6, 6.07) is 0. The molecule has 0 aromatic carbocycles. The zero-order valence-corrected chi connectivity index (χ0v) is 8.81. The predicted molar refractivity (Wildman–Crippen MR) is 47.2 cm³/mol. The Labute approximate surface area is 89.8 Å². The lowest BCUT2D eigenvalue weighted by Gasteiger charge is -2.11. The van der Waals surface area contributed by atoms with Gasteiger partial charge in [0.25, 0.3) is 6.08 Å². The molecule has 86 valence electrons. The van der Waals surface area contributed by atoms with Gasteiger partial charge in [0.1, 0.15) is 5.92 Å². The minimum absolute atomic E-state index is 0.584. The van der Waals surface area contributed by atoms with Crippen LogP contribution in [-0.2, 0) is 19.1 Å². The summed E-state index contributed by atoms with van der Waals surface area (Å²) in [4.78, 5) is 21.8. The molecule has 0 fully saturated rings. The molecule has 7 heteroatoms. The Morgan fingerprint density at radius 2 is 1.80 bits per heavy atom. The van der Waals surface area contributed by atoms with E-state index in [1.54, 1.807) is 0 Å². The molecule has 1 unspecified atom stereocenters. The van der Waals surface area contributed by atoms with Crippen molar-refractivity contribution in [2.45, 2.75) is 6.42 Å². The molecule has 0 aliphatic heterocycles. The highest BCUT2D eigenvalue weighted by Crippen LogP contribution is 2.26. The number of carbonyl (C=O) groups excluding carboxylic acids is 2. The normalized spacial score (nSPS) is 11.5. The number of halogens is 3. The minimum atomic E-state index is -2.23. The molecule has 1 atom stereocenters. The number of hydrogen-bond donors (Lipinski definition) is 0. The zero-order valence-electron chi connectivity index (χ0n) is 8.05. The third-order valence-electron chi connectivity index (χ3n) is 1.57. The summed E-state index contributed by atoms with van der Waals surface area (Å²) >= 11 is 5.18. The smallest absolute Gasteiger partial charge is 0.314 e. The molecule has 0 heterocycles. The van der Waals surface area contributed by atoms with Crippen molar-refractivity contribution >= 4 is 23.5 Å². The summed E-state index contributed by atoms with van der Waals surface area (Å²) < 4.78 is 32.7. The van der Waals surface area contributed by atoms with Crippen molar-refractivity contribution in [2.75, 3.05) is 14.2 Å². The van der Waals surface area contributed by atoms with Gasteiger partial charge in [0.2, 0.25) is 0 Å². The topological polar surface area (TPSA) is 52.6 Å². The zero-order chi connectivity index (χ0) is 12.0. The molecule has 4 nitrogen and oxygen atoms in total. The van der Waals surface area contributed by atoms with Crippen LogP contribution in [0.1, 0.15) is 6.42 Å². The summed E-state index contributed by atoms with van der Waals surface area (Å²) in [6.07, 6.45) is -2.81. The van der Waals surface area contributed by atoms with Gasteiger partial charge in [-0.2, -0.15) is 8.78 Å². The van der Waals surface area contributed by atoms with E-state index in [1.165, 1.54) is 0 Å². The predicted octanol–water partition coefficient (Wildman–Crippen LogP) is 1.69. The Morgan fingerprint density at radius 1 is 1.27 bits per heavy atom. The minimum Gasteiger partial charge on any atom is -0.469 e. The Kier molecular flexibility index (Phi) is 5.84. The fourth-order valence-electron chi connectivity index (χ4n) is 0.800. The fraction of sp³-hybridized carbons (Fsp3) is 0.500. The van der Waals surface area contributed by atoms with Gasteiger partial charge < -0.3 is 9.47 Å². The molecule has 0 saturated heterocycles. The van der Waals surface area contributed by atoms with E-state index < -0.39 is 35.4 Å². The number of hydrogen-bond acceptors (Lipinski definition) is 4. The van der Waals surface area contributed by atoms with E-state index >= 15 is 0 Å². The third kappa shape index (κ3) is 4.24. The molecule has 0 aliphatic carbocycles. The Hall–Kier alpha value is -1.17. The summed E-state index contributed by atoms with van der Waals surface area (Å²) in [5.41, 5.74) is 0. The second-order valence-corrected chi connectivity index (χ2v) is 2.87. The van der Waals surface area contributed by atoms with E-state index in [9.17, 15) is 18.4 Å². The van der Waals surface area contributed by atoms with E-state index in [-0.39, 0.29) is 0 Å². The molecule has 0 saturated carbocycles. The molecule has 0 spiro atoms. The second kappa shape index (κ2) is 6.34. The van der Waals surface area contributed by atoms with Gasteiger partial charge in [0.05, 0.1) is 25.7 Å². The van der Waals surface area contributed by atoms with Crippen molar-refractivity contribution in [1.29, 1.82) is 0 Å². The van der Waals surface area contributed by atoms with Crippen molar-refractivity contribution in [3.8, 4) is 0 Å². The van der Waals surface area contributed by atoms with E-state index in [0.29, 0.717) is 0 Å². The van der Waals surface area contributed by atoms with Gasteiger partial charge in [0, 0.05) is 0 Å². The first-order valence-corrected chi connectivity index (χ1v) is 4.17. The van der Waals surface area contributed by atoms with Crippen molar-refractivity contribution in [3.63, 3.8) is 0 Å². The van der Waals surface area contributed by atoms with Crippen LogP contribution in [0.4, 0.5) is 8.78 Å². The molecule has 0 aromatic rings. The number of methoxy groups -OCH3 is 2. The van der Waals surface area contributed by atoms with E-state index in [0.717, 1.165) is 14.2 Å². The Morgan fingerprint density at radius 3 is 2.13 bits per heavy atom. The van der Waals surface area contributed by atoms with Crippen LogP contribution < -0.4 is 0 Å². The number of carbonyl (C=O) groups is 2. The molecule has 0 rings (SSSR count). The van der Waals surface area contributed by atoms with Crippen molar-refractivity contribution in [2.24, 2.45) is 5.92 Å². The van der Waals surface area contributed by atoms with Crippen LogP contribution in [0.25, 0.3) is 0 Å². The average molecular weight is 243 g/mol. The van der Waals surface area contributed by atoms with E-state index in [2.05, 4.69) is 9.47 Å². The largest absolute Gasteiger partial charge is 0.469 e. The average Bonchev–Trinajstić information content (AvgIpc) is 2.23. The maximum atomic E-state index is 12.1. The summed E-state index contributed by atoms with van der Waals surface area (Å²) in [6.45, 7) is 0. The van der Waals surface area contributed by atoms with Crippen LogP contribution in [0.2, 0.25) is 0 Å². The summed E-state index contributed by atoms with van der Waals surface area (Å²) in [5.74, 6) is -3.36. The first kappa shape index (κ1) is 13.8. The first-order chi connectivity index (χ1) is 6.93. The van der Waals surface area contributed by atoms with Crippen molar-refractivity contribution in [3.05, 3.63) is 11.1 Å². The SMILES string of the molecule is COC(=O)CC(C(=O)OC)C(Cl)=C(F)F. The standard InChI is InChI=1S/C8H9ClF2O4/c1-14-5(12)3-4(8(13)15-2)6(9)7(10)11/h4H,3H2,1-2H3. The molecule has 0 N–H and O–H groups in total. The van der Waals surface area contributed by atoms with Crippen LogP contribution >= 0.6 is 11.6 Å². The highest BCUT2D eigenvalue weighted by molar-refractivity contribution is 6.31. The van der Waals surface area contributed by atoms with Crippen LogP contribution in [0.5, 0.6) is 0 Å². The molecule has 15 heavy (non-hydrogen) atoms. The Bertz CT molecular complexity index is 286. The highest BCUT2D eigenvalue weighted by atomic mass is 35.5. The maximum Gasteiger partial charge on any atom is 0.314 e. The quantitative estimate of drug-likeness (QED) is 0.704. The molecule has 0 aromatic heterocycles. The van der Waals surface area contributed by atoms with Gasteiger partial charge in [-0.25, -0.2) is 0 Å². The molecular weight excluding hydrogens is 234 g/mol. The highest BCUT2D eigenvalue weighted by Gasteiger charge is 2.29. The van der Waals surface area contributed by atoms with Gasteiger partial charge in [-0.15, -0.1) is 0 Å². The van der Waals surface area contributed by atoms with E-state index in [1.807, 2.05) is 0 Å². The molecule has 0 amide bonds. The first-order valence-electron chi connectivity index (χ1n) is 3.79. The molecule has 0 bridgehead atoms. The maximum absolute atomic E-state index is 12.1. The van der Waals surface area contributed by atoms with E-state index in [4.69, 9.17) is 11.6 Å². The lowest BCUT2D eigenvalue weighted by Crippen LogP contribution is -2.21. The van der Waals surface area contributed by atoms with Crippen LogP contribution in [-0.4, -0.2) is 26.2 Å². The van der Waals surface area contributed by atoms with Gasteiger partial charge in [0.15, 0.2) is 0 Å². The van der Waals surface area contributed by atoms with Gasteiger partial charge in [-0.1, -0.05) is 11.6 Å². The summed E-state index contributed by atoms with van der Waals surface area (Å²) in [7, 11) is 2.08.